The van der Waals surface area contributed by atoms with Crippen LogP contribution in [-0.4, -0.2) is 24.9 Å². The third-order valence-corrected chi connectivity index (χ3v) is 4.45. The predicted molar refractivity (Wildman–Crippen MR) is 79.6 cm³/mol. The van der Waals surface area contributed by atoms with Crippen LogP contribution in [0.3, 0.4) is 0 Å². The van der Waals surface area contributed by atoms with Gasteiger partial charge in [-0.1, -0.05) is 19.1 Å². The van der Waals surface area contributed by atoms with Gasteiger partial charge in [0.15, 0.2) is 0 Å². The monoisotopic (exact) mass is 279 g/mol. The fourth-order valence-electron chi connectivity index (χ4n) is 2.15. The Morgan fingerprint density at radius 3 is 2.20 bits per heavy atom. The van der Waals surface area contributed by atoms with Crippen LogP contribution in [0.2, 0.25) is 0 Å². The Bertz CT molecular complexity index is 489. The molecule has 1 aromatic rings. The fraction of sp³-hybridized carbons (Fsp3) is 0.600. The smallest absolute Gasteiger partial charge is 0.399 e. The Morgan fingerprint density at radius 2 is 1.75 bits per heavy atom. The lowest BCUT2D eigenvalue weighted by Gasteiger charge is -2.32. The summed E-state index contributed by atoms with van der Waals surface area (Å²) in [6.45, 7) is 10.3. The third kappa shape index (κ3) is 2.62. The minimum Gasteiger partial charge on any atom is -0.399 e. The topological polar surface area (TPSA) is 44.5 Å². The lowest BCUT2D eigenvalue weighted by atomic mass is 9.77. The Kier molecular flexibility index (Phi) is 3.97. The van der Waals surface area contributed by atoms with Gasteiger partial charge in [-0.05, 0) is 51.8 Å². The van der Waals surface area contributed by atoms with E-state index in [2.05, 4.69) is 0 Å². The van der Waals surface area contributed by atoms with Gasteiger partial charge in [-0.15, -0.1) is 0 Å². The molecule has 20 heavy (non-hydrogen) atoms. The van der Waals surface area contributed by atoms with Crippen molar-refractivity contribution in [2.75, 3.05) is 6.54 Å². The number of hydrogen-bond acceptors (Lipinski definition) is 3. The molecule has 1 fully saturated rings. The van der Waals surface area contributed by atoms with Gasteiger partial charge in [-0.25, -0.2) is 4.39 Å². The molecule has 0 bridgehead atoms. The van der Waals surface area contributed by atoms with E-state index in [1.807, 2.05) is 40.7 Å². The largest absolute Gasteiger partial charge is 0.497 e. The van der Waals surface area contributed by atoms with Gasteiger partial charge in [0.2, 0.25) is 0 Å². The van der Waals surface area contributed by atoms with Crippen molar-refractivity contribution < 1.29 is 13.7 Å². The normalized spacial score (nSPS) is 22.1. The molecule has 110 valence electrons. The molecule has 0 aliphatic carbocycles. The van der Waals surface area contributed by atoms with Crippen LogP contribution >= 0.6 is 0 Å². The lowest BCUT2D eigenvalue weighted by Crippen LogP contribution is -2.41. The molecule has 0 amide bonds. The second-order valence-electron chi connectivity index (χ2n) is 6.51. The molecule has 2 N–H and O–H groups in total. The summed E-state index contributed by atoms with van der Waals surface area (Å²) in [5.41, 5.74) is 6.02. The molecule has 0 saturated carbocycles. The van der Waals surface area contributed by atoms with E-state index in [-0.39, 0.29) is 11.7 Å². The summed E-state index contributed by atoms with van der Waals surface area (Å²) < 4.78 is 26.0. The summed E-state index contributed by atoms with van der Waals surface area (Å²) in [5.74, 6) is -0.168. The van der Waals surface area contributed by atoms with Crippen LogP contribution in [-0.2, 0) is 9.31 Å². The SMILES string of the molecule is C[C@H](CN)c1ccc(B2OC(C)(C)C(C)(C)O2)c(F)c1. The van der Waals surface area contributed by atoms with Crippen molar-refractivity contribution in [2.24, 2.45) is 5.73 Å². The number of hydrogen-bond donors (Lipinski definition) is 1. The first kappa shape index (κ1) is 15.5. The molecule has 0 radical (unpaired) electrons. The van der Waals surface area contributed by atoms with E-state index in [1.54, 1.807) is 6.07 Å². The van der Waals surface area contributed by atoms with Crippen LogP contribution in [0.5, 0.6) is 0 Å². The minimum absolute atomic E-state index is 0.136. The van der Waals surface area contributed by atoms with E-state index in [1.165, 1.54) is 6.07 Å². The molecule has 0 aromatic heterocycles. The quantitative estimate of drug-likeness (QED) is 0.863. The van der Waals surface area contributed by atoms with E-state index in [4.69, 9.17) is 15.0 Å². The first-order valence-electron chi connectivity index (χ1n) is 7.03. The first-order chi connectivity index (χ1) is 9.18. The van der Waals surface area contributed by atoms with E-state index in [0.29, 0.717) is 12.0 Å². The molecule has 3 nitrogen and oxygen atoms in total. The lowest BCUT2D eigenvalue weighted by molar-refractivity contribution is 0.00578. The van der Waals surface area contributed by atoms with Crippen LogP contribution in [0.15, 0.2) is 18.2 Å². The zero-order valence-electron chi connectivity index (χ0n) is 12.9. The maximum absolute atomic E-state index is 14.3. The molecule has 1 aliphatic heterocycles. The zero-order valence-corrected chi connectivity index (χ0v) is 12.9. The Morgan fingerprint density at radius 1 is 1.20 bits per heavy atom. The molecule has 1 atom stereocenters. The van der Waals surface area contributed by atoms with Gasteiger partial charge >= 0.3 is 7.12 Å². The summed E-state index contributed by atoms with van der Waals surface area (Å²) >= 11 is 0. The molecule has 1 aliphatic rings. The number of nitrogens with two attached hydrogens (primary N) is 1. The number of rotatable bonds is 3. The van der Waals surface area contributed by atoms with Crippen LogP contribution < -0.4 is 11.2 Å². The highest BCUT2D eigenvalue weighted by atomic mass is 19.1. The van der Waals surface area contributed by atoms with Gasteiger partial charge in [-0.3, -0.25) is 0 Å². The average Bonchev–Trinajstić information content (AvgIpc) is 2.57. The van der Waals surface area contributed by atoms with Crippen molar-refractivity contribution in [1.29, 1.82) is 0 Å². The van der Waals surface area contributed by atoms with Crippen molar-refractivity contribution in [3.05, 3.63) is 29.6 Å². The molecule has 1 heterocycles. The maximum Gasteiger partial charge on any atom is 0.497 e. The standard InChI is InChI=1S/C15H23BFNO2/c1-10(9-18)11-6-7-12(13(17)8-11)16-19-14(2,3)15(4,5)20-16/h6-8,10H,9,18H2,1-5H3/t10-/m1/s1. The van der Waals surface area contributed by atoms with Gasteiger partial charge in [0, 0.05) is 5.46 Å². The molecular formula is C15H23BFNO2. The number of halogens is 1. The van der Waals surface area contributed by atoms with Crippen LogP contribution in [0.4, 0.5) is 4.39 Å². The van der Waals surface area contributed by atoms with Gasteiger partial charge in [0.25, 0.3) is 0 Å². The summed E-state index contributed by atoms with van der Waals surface area (Å²) in [5, 5.41) is 0. The minimum atomic E-state index is -0.665. The zero-order chi connectivity index (χ0) is 15.1. The Hall–Kier alpha value is -0.905. The summed E-state index contributed by atoms with van der Waals surface area (Å²) in [6.07, 6.45) is 0. The Labute approximate surface area is 120 Å². The van der Waals surface area contributed by atoms with E-state index < -0.39 is 18.3 Å². The van der Waals surface area contributed by atoms with Gasteiger partial charge in [0.1, 0.15) is 5.82 Å². The van der Waals surface area contributed by atoms with E-state index in [9.17, 15) is 4.39 Å². The maximum atomic E-state index is 14.3. The highest BCUT2D eigenvalue weighted by Gasteiger charge is 2.52. The number of benzene rings is 1. The summed E-state index contributed by atoms with van der Waals surface area (Å²) in [4.78, 5) is 0. The van der Waals surface area contributed by atoms with E-state index in [0.717, 1.165) is 5.56 Å². The molecule has 1 aromatic carbocycles. The fourth-order valence-corrected chi connectivity index (χ4v) is 2.15. The summed E-state index contributed by atoms with van der Waals surface area (Å²) in [6, 6.07) is 5.15. The van der Waals surface area contributed by atoms with Crippen molar-refractivity contribution in [2.45, 2.75) is 51.7 Å². The highest BCUT2D eigenvalue weighted by molar-refractivity contribution is 6.62. The van der Waals surface area contributed by atoms with E-state index >= 15 is 0 Å². The average molecular weight is 279 g/mol. The van der Waals surface area contributed by atoms with Crippen LogP contribution in [0.1, 0.15) is 46.1 Å². The van der Waals surface area contributed by atoms with Crippen molar-refractivity contribution in [3.63, 3.8) is 0 Å². The molecule has 1 saturated heterocycles. The van der Waals surface area contributed by atoms with Crippen molar-refractivity contribution in [3.8, 4) is 0 Å². The molecule has 0 unspecified atom stereocenters. The molecular weight excluding hydrogens is 256 g/mol. The molecule has 2 rings (SSSR count). The predicted octanol–water partition coefficient (Wildman–Crippen LogP) is 2.19. The van der Waals surface area contributed by atoms with Gasteiger partial charge in [0.05, 0.1) is 11.2 Å². The van der Waals surface area contributed by atoms with Crippen molar-refractivity contribution in [1.82, 2.24) is 0 Å². The third-order valence-electron chi connectivity index (χ3n) is 4.45. The van der Waals surface area contributed by atoms with Crippen LogP contribution in [0, 0.1) is 5.82 Å². The van der Waals surface area contributed by atoms with Crippen molar-refractivity contribution >= 4 is 12.6 Å². The summed E-state index contributed by atoms with van der Waals surface area (Å²) in [7, 11) is -0.665. The molecule has 5 heteroatoms. The second kappa shape index (κ2) is 5.13. The van der Waals surface area contributed by atoms with Gasteiger partial charge in [-0.2, -0.15) is 0 Å². The highest BCUT2D eigenvalue weighted by Crippen LogP contribution is 2.36. The molecule has 0 spiro atoms. The van der Waals surface area contributed by atoms with Gasteiger partial charge < -0.3 is 15.0 Å². The Balaban J connectivity index is 2.28. The first-order valence-corrected chi connectivity index (χ1v) is 7.03. The second-order valence-corrected chi connectivity index (χ2v) is 6.51. The van der Waals surface area contributed by atoms with Crippen LogP contribution in [0.25, 0.3) is 0 Å².